The number of aromatic nitrogens is 3. The van der Waals surface area contributed by atoms with E-state index in [1.54, 1.807) is 29.4 Å². The van der Waals surface area contributed by atoms with Gasteiger partial charge in [-0.15, -0.1) is 11.3 Å². The number of thioether (sulfide) groups is 1. The zero-order valence-corrected chi connectivity index (χ0v) is 14.6. The zero-order valence-electron chi connectivity index (χ0n) is 12.9. The summed E-state index contributed by atoms with van der Waals surface area (Å²) in [5.74, 6) is 0.826. The maximum absolute atomic E-state index is 4.75. The van der Waals surface area contributed by atoms with Gasteiger partial charge in [0.2, 0.25) is 0 Å². The molecular formula is C19H15N3S2. The van der Waals surface area contributed by atoms with Crippen molar-refractivity contribution >= 4 is 34.0 Å². The Balaban J connectivity index is 1.46. The first kappa shape index (κ1) is 15.3. The van der Waals surface area contributed by atoms with Crippen LogP contribution in [0.15, 0.2) is 71.3 Å². The summed E-state index contributed by atoms with van der Waals surface area (Å²) >= 11 is 3.44. The molecular weight excluding hydrogens is 334 g/mol. The predicted octanol–water partition coefficient (Wildman–Crippen LogP) is 4.97. The van der Waals surface area contributed by atoms with Gasteiger partial charge in [0.25, 0.3) is 0 Å². The molecule has 118 valence electrons. The van der Waals surface area contributed by atoms with E-state index in [4.69, 9.17) is 4.98 Å². The second-order valence-electron chi connectivity index (χ2n) is 5.38. The standard InChI is InChI=1S/C19H15N3S2/c1-2-6-14(7-3-1)10-18-22-15(11-23-18)12-24-19-16-8-4-5-9-17(16)20-13-21-19/h1-9,11,13H,10,12H2. The molecule has 0 spiro atoms. The van der Waals surface area contributed by atoms with Gasteiger partial charge in [-0.3, -0.25) is 0 Å². The molecule has 0 aliphatic carbocycles. The number of hydrogen-bond acceptors (Lipinski definition) is 5. The third-order valence-electron chi connectivity index (χ3n) is 3.66. The number of thiazole rings is 1. The van der Waals surface area contributed by atoms with Gasteiger partial charge in [0.05, 0.1) is 16.2 Å². The quantitative estimate of drug-likeness (QED) is 0.377. The Labute approximate surface area is 148 Å². The van der Waals surface area contributed by atoms with Crippen LogP contribution < -0.4 is 0 Å². The van der Waals surface area contributed by atoms with Gasteiger partial charge in [-0.05, 0) is 11.6 Å². The first-order valence-electron chi connectivity index (χ1n) is 7.68. The van der Waals surface area contributed by atoms with Gasteiger partial charge < -0.3 is 0 Å². The maximum Gasteiger partial charge on any atom is 0.117 e. The van der Waals surface area contributed by atoms with Crippen molar-refractivity contribution in [2.45, 2.75) is 17.2 Å². The van der Waals surface area contributed by atoms with Crippen LogP contribution >= 0.6 is 23.1 Å². The fraction of sp³-hybridized carbons (Fsp3) is 0.105. The van der Waals surface area contributed by atoms with Gasteiger partial charge in [0.15, 0.2) is 0 Å². The number of hydrogen-bond donors (Lipinski definition) is 0. The van der Waals surface area contributed by atoms with E-state index in [0.717, 1.165) is 38.8 Å². The minimum atomic E-state index is 0.826. The van der Waals surface area contributed by atoms with Crippen LogP contribution in [-0.4, -0.2) is 15.0 Å². The molecule has 2 aromatic carbocycles. The zero-order chi connectivity index (χ0) is 16.2. The largest absolute Gasteiger partial charge is 0.245 e. The molecule has 2 heterocycles. The number of para-hydroxylation sites is 1. The molecule has 24 heavy (non-hydrogen) atoms. The van der Waals surface area contributed by atoms with E-state index in [9.17, 15) is 0 Å². The van der Waals surface area contributed by atoms with Gasteiger partial charge in [-0.1, -0.05) is 60.3 Å². The van der Waals surface area contributed by atoms with Crippen LogP contribution in [-0.2, 0) is 12.2 Å². The Morgan fingerprint density at radius 1 is 0.917 bits per heavy atom. The van der Waals surface area contributed by atoms with Crippen molar-refractivity contribution in [2.24, 2.45) is 0 Å². The predicted molar refractivity (Wildman–Crippen MR) is 100 cm³/mol. The summed E-state index contributed by atoms with van der Waals surface area (Å²) in [5.41, 5.74) is 3.39. The lowest BCUT2D eigenvalue weighted by atomic mass is 10.2. The lowest BCUT2D eigenvalue weighted by Gasteiger charge is -2.03. The van der Waals surface area contributed by atoms with Crippen molar-refractivity contribution < 1.29 is 0 Å². The molecule has 0 amide bonds. The van der Waals surface area contributed by atoms with Gasteiger partial charge in [0.1, 0.15) is 11.4 Å². The minimum absolute atomic E-state index is 0.826. The summed E-state index contributed by atoms with van der Waals surface area (Å²) in [6, 6.07) is 18.6. The van der Waals surface area contributed by atoms with E-state index in [-0.39, 0.29) is 0 Å². The fourth-order valence-corrected chi connectivity index (χ4v) is 4.32. The summed E-state index contributed by atoms with van der Waals surface area (Å²) in [6.45, 7) is 0. The highest BCUT2D eigenvalue weighted by molar-refractivity contribution is 7.98. The molecule has 0 saturated heterocycles. The van der Waals surface area contributed by atoms with Crippen molar-refractivity contribution in [3.8, 4) is 0 Å². The van der Waals surface area contributed by atoms with Gasteiger partial charge >= 0.3 is 0 Å². The summed E-state index contributed by atoms with van der Waals surface area (Å²) in [5, 5.41) is 5.42. The van der Waals surface area contributed by atoms with Crippen LogP contribution in [0.25, 0.3) is 10.9 Å². The second-order valence-corrected chi connectivity index (χ2v) is 7.29. The molecule has 4 rings (SSSR count). The third kappa shape index (κ3) is 3.47. The number of rotatable bonds is 5. The molecule has 0 saturated carbocycles. The maximum atomic E-state index is 4.75. The first-order valence-corrected chi connectivity index (χ1v) is 9.55. The number of benzene rings is 2. The van der Waals surface area contributed by atoms with Gasteiger partial charge in [-0.2, -0.15) is 0 Å². The van der Waals surface area contributed by atoms with Crippen molar-refractivity contribution in [1.29, 1.82) is 0 Å². The smallest absolute Gasteiger partial charge is 0.117 e. The Kier molecular flexibility index (Phi) is 4.53. The normalized spacial score (nSPS) is 11.0. The molecule has 0 unspecified atom stereocenters. The Bertz CT molecular complexity index is 946. The van der Waals surface area contributed by atoms with Crippen molar-refractivity contribution in [3.05, 3.63) is 82.6 Å². The van der Waals surface area contributed by atoms with Crippen molar-refractivity contribution in [2.75, 3.05) is 0 Å². The van der Waals surface area contributed by atoms with Crippen LogP contribution in [0.2, 0.25) is 0 Å². The molecule has 3 nitrogen and oxygen atoms in total. The Morgan fingerprint density at radius 2 is 1.75 bits per heavy atom. The summed E-state index contributed by atoms with van der Waals surface area (Å²) < 4.78 is 0. The van der Waals surface area contributed by atoms with Crippen molar-refractivity contribution in [1.82, 2.24) is 15.0 Å². The van der Waals surface area contributed by atoms with Crippen LogP contribution in [0.1, 0.15) is 16.3 Å². The van der Waals surface area contributed by atoms with E-state index in [2.05, 4.69) is 45.7 Å². The molecule has 0 N–H and O–H groups in total. The lowest BCUT2D eigenvalue weighted by molar-refractivity contribution is 1.08. The lowest BCUT2D eigenvalue weighted by Crippen LogP contribution is -1.90. The SMILES string of the molecule is c1ccc(Cc2nc(CSc3ncnc4ccccc34)cs2)cc1. The molecule has 0 atom stereocenters. The van der Waals surface area contributed by atoms with E-state index in [0.29, 0.717) is 0 Å². The van der Waals surface area contributed by atoms with Crippen LogP contribution in [0.3, 0.4) is 0 Å². The van der Waals surface area contributed by atoms with Gasteiger partial charge in [0, 0.05) is 22.9 Å². The highest BCUT2D eigenvalue weighted by Crippen LogP contribution is 2.27. The van der Waals surface area contributed by atoms with Crippen LogP contribution in [0, 0.1) is 0 Å². The highest BCUT2D eigenvalue weighted by atomic mass is 32.2. The highest BCUT2D eigenvalue weighted by Gasteiger charge is 2.07. The van der Waals surface area contributed by atoms with E-state index in [1.807, 2.05) is 24.3 Å². The molecule has 2 aromatic heterocycles. The summed E-state index contributed by atoms with van der Waals surface area (Å²) in [7, 11) is 0. The van der Waals surface area contributed by atoms with E-state index < -0.39 is 0 Å². The molecule has 0 bridgehead atoms. The van der Waals surface area contributed by atoms with Crippen LogP contribution in [0.5, 0.6) is 0 Å². The fourth-order valence-electron chi connectivity index (χ4n) is 2.50. The molecule has 0 radical (unpaired) electrons. The first-order chi connectivity index (χ1) is 11.9. The molecule has 4 aromatic rings. The second kappa shape index (κ2) is 7.11. The summed E-state index contributed by atoms with van der Waals surface area (Å²) in [6.07, 6.45) is 2.53. The average Bonchev–Trinajstić information content (AvgIpc) is 3.08. The monoisotopic (exact) mass is 349 g/mol. The topological polar surface area (TPSA) is 38.7 Å². The average molecular weight is 349 g/mol. The Morgan fingerprint density at radius 3 is 2.67 bits per heavy atom. The van der Waals surface area contributed by atoms with E-state index in [1.165, 1.54) is 5.56 Å². The number of fused-ring (bicyclic) bond motifs is 1. The molecule has 5 heteroatoms. The molecule has 0 fully saturated rings. The molecule has 0 aliphatic heterocycles. The third-order valence-corrected chi connectivity index (χ3v) is 5.60. The summed E-state index contributed by atoms with van der Waals surface area (Å²) in [4.78, 5) is 13.5. The minimum Gasteiger partial charge on any atom is -0.245 e. The van der Waals surface area contributed by atoms with Crippen molar-refractivity contribution in [3.63, 3.8) is 0 Å². The van der Waals surface area contributed by atoms with E-state index >= 15 is 0 Å². The molecule has 0 aliphatic rings. The Hall–Kier alpha value is -2.24. The van der Waals surface area contributed by atoms with Crippen LogP contribution in [0.4, 0.5) is 0 Å². The number of nitrogens with zero attached hydrogens (tertiary/aromatic N) is 3. The van der Waals surface area contributed by atoms with Gasteiger partial charge in [-0.25, -0.2) is 15.0 Å².